The van der Waals surface area contributed by atoms with E-state index in [1.165, 1.54) is 0 Å². The minimum Gasteiger partial charge on any atom is -0.497 e. The summed E-state index contributed by atoms with van der Waals surface area (Å²) in [5, 5.41) is 0. The lowest BCUT2D eigenvalue weighted by Gasteiger charge is -2.48. The summed E-state index contributed by atoms with van der Waals surface area (Å²) >= 11 is 12.9. The Balaban J connectivity index is 1.79. The largest absolute Gasteiger partial charge is 0.497 e. The van der Waals surface area contributed by atoms with Gasteiger partial charge < -0.3 is 4.74 Å². The second-order valence-electron chi connectivity index (χ2n) is 6.75. The summed E-state index contributed by atoms with van der Waals surface area (Å²) in [5.74, 6) is 0.374. The minimum absolute atomic E-state index is 0.340. The molecular weight excluding hydrogens is 405 g/mol. The zero-order chi connectivity index (χ0) is 20.4. The van der Waals surface area contributed by atoms with Gasteiger partial charge in [0.1, 0.15) is 5.75 Å². The second-order valence-corrected chi connectivity index (χ2v) is 8.14. The molecule has 0 bridgehead atoms. The number of rotatable bonds is 5. The quantitative estimate of drug-likeness (QED) is 0.388. The first-order valence-corrected chi connectivity index (χ1v) is 9.96. The summed E-state index contributed by atoms with van der Waals surface area (Å²) in [7, 11) is 1.60. The number of halogens is 2. The van der Waals surface area contributed by atoms with Crippen LogP contribution in [0.5, 0.6) is 5.75 Å². The number of methoxy groups -OCH3 is 1. The zero-order valence-corrected chi connectivity index (χ0v) is 17.3. The van der Waals surface area contributed by atoms with Gasteiger partial charge in [0.25, 0.3) is 5.91 Å². The van der Waals surface area contributed by atoms with Crippen LogP contribution < -0.4 is 9.64 Å². The molecule has 1 heterocycles. The monoisotopic (exact) mass is 423 g/mol. The van der Waals surface area contributed by atoms with Crippen molar-refractivity contribution < 1.29 is 9.53 Å². The van der Waals surface area contributed by atoms with Crippen LogP contribution in [-0.2, 0) is 4.79 Å². The predicted octanol–water partition coefficient (Wildman–Crippen LogP) is 5.72. The number of amides is 1. The number of nitrogens with zero attached hydrogens (tertiary/aromatic N) is 1. The number of alkyl halides is 2. The Morgan fingerprint density at radius 2 is 1.41 bits per heavy atom. The third-order valence-electron chi connectivity index (χ3n) is 5.00. The molecule has 0 aromatic heterocycles. The molecule has 5 heteroatoms. The summed E-state index contributed by atoms with van der Waals surface area (Å²) in [4.78, 5) is 14.3. The van der Waals surface area contributed by atoms with E-state index in [0.29, 0.717) is 5.75 Å². The molecule has 3 nitrogen and oxygen atoms in total. The molecule has 3 aromatic carbocycles. The Labute approximate surface area is 180 Å². The molecule has 1 saturated heterocycles. The molecule has 1 aliphatic rings. The number of ether oxygens (including phenoxy) is 1. The minimum atomic E-state index is -1.52. The SMILES string of the molecule is COc1ccc(N2C(=O)C(Cl)(Cl)C2C=C(c2ccccc2)c2ccccc2)cc1. The lowest BCUT2D eigenvalue weighted by atomic mass is 9.90. The smallest absolute Gasteiger partial charge is 0.266 e. The van der Waals surface area contributed by atoms with E-state index in [1.807, 2.05) is 78.9 Å². The van der Waals surface area contributed by atoms with E-state index < -0.39 is 10.4 Å². The van der Waals surface area contributed by atoms with Gasteiger partial charge in [-0.05, 0) is 47.0 Å². The van der Waals surface area contributed by atoms with Crippen molar-refractivity contribution in [3.8, 4) is 5.75 Å². The molecular formula is C24H19Cl2NO2. The zero-order valence-electron chi connectivity index (χ0n) is 15.8. The number of hydrogen-bond acceptors (Lipinski definition) is 2. The summed E-state index contributed by atoms with van der Waals surface area (Å²) in [5.41, 5.74) is 3.73. The van der Waals surface area contributed by atoms with Gasteiger partial charge in [-0.3, -0.25) is 9.69 Å². The number of benzene rings is 3. The summed E-state index contributed by atoms with van der Waals surface area (Å²) in [6.07, 6.45) is 1.97. The first-order chi connectivity index (χ1) is 14.0. The van der Waals surface area contributed by atoms with Crippen LogP contribution in [0.1, 0.15) is 11.1 Å². The van der Waals surface area contributed by atoms with Crippen molar-refractivity contribution in [2.24, 2.45) is 0 Å². The number of carbonyl (C=O) groups excluding carboxylic acids is 1. The van der Waals surface area contributed by atoms with E-state index in [1.54, 1.807) is 24.1 Å². The van der Waals surface area contributed by atoms with Crippen molar-refractivity contribution in [2.45, 2.75) is 10.4 Å². The van der Waals surface area contributed by atoms with Gasteiger partial charge in [-0.25, -0.2) is 0 Å². The number of anilines is 1. The van der Waals surface area contributed by atoms with Crippen LogP contribution in [0, 0.1) is 0 Å². The van der Waals surface area contributed by atoms with E-state index in [0.717, 1.165) is 22.4 Å². The van der Waals surface area contributed by atoms with Crippen molar-refractivity contribution in [1.82, 2.24) is 0 Å². The topological polar surface area (TPSA) is 29.5 Å². The van der Waals surface area contributed by atoms with Gasteiger partial charge >= 0.3 is 0 Å². The van der Waals surface area contributed by atoms with Gasteiger partial charge in [0, 0.05) is 5.69 Å². The highest BCUT2D eigenvalue weighted by Crippen LogP contribution is 2.46. The first kappa shape index (κ1) is 19.6. The maximum absolute atomic E-state index is 12.7. The van der Waals surface area contributed by atoms with Crippen LogP contribution in [0.25, 0.3) is 5.57 Å². The van der Waals surface area contributed by atoms with E-state index in [2.05, 4.69) is 0 Å². The molecule has 146 valence electrons. The summed E-state index contributed by atoms with van der Waals surface area (Å²) < 4.78 is 3.69. The average Bonchev–Trinajstić information content (AvgIpc) is 2.77. The Morgan fingerprint density at radius 3 is 1.90 bits per heavy atom. The molecule has 1 aliphatic heterocycles. The van der Waals surface area contributed by atoms with Crippen LogP contribution in [0.3, 0.4) is 0 Å². The molecule has 1 amide bonds. The van der Waals surface area contributed by atoms with Crippen molar-refractivity contribution in [2.75, 3.05) is 12.0 Å². The third kappa shape index (κ3) is 3.64. The maximum Gasteiger partial charge on any atom is 0.266 e. The van der Waals surface area contributed by atoms with Crippen LogP contribution in [-0.4, -0.2) is 23.4 Å². The van der Waals surface area contributed by atoms with E-state index >= 15 is 0 Å². The summed E-state index contributed by atoms with van der Waals surface area (Å²) in [6, 6.07) is 26.7. The fourth-order valence-corrected chi connectivity index (χ4v) is 3.96. The number of β-lactam (4-membered cyclic amide) rings is 1. The highest BCUT2D eigenvalue weighted by molar-refractivity contribution is 6.63. The summed E-state index contributed by atoms with van der Waals surface area (Å²) in [6.45, 7) is 0. The van der Waals surface area contributed by atoms with Crippen LogP contribution in [0.4, 0.5) is 5.69 Å². The standard InChI is InChI=1S/C24H19Cl2NO2/c1-29-20-14-12-19(13-15-20)27-22(24(25,26)23(27)28)16-21(17-8-4-2-5-9-17)18-10-6-3-7-11-18/h2-16,22H,1H3. The molecule has 0 spiro atoms. The third-order valence-corrected chi connectivity index (χ3v) is 5.77. The maximum atomic E-state index is 12.7. The lowest BCUT2D eigenvalue weighted by Crippen LogP contribution is -2.68. The van der Waals surface area contributed by atoms with E-state index in [4.69, 9.17) is 27.9 Å². The molecule has 0 radical (unpaired) electrons. The van der Waals surface area contributed by atoms with Gasteiger partial charge in [-0.2, -0.15) is 0 Å². The van der Waals surface area contributed by atoms with Crippen LogP contribution in [0.15, 0.2) is 91.0 Å². The molecule has 1 atom stereocenters. The number of carbonyl (C=O) groups is 1. The molecule has 1 unspecified atom stereocenters. The fraction of sp³-hybridized carbons (Fsp3) is 0.125. The van der Waals surface area contributed by atoms with Crippen molar-refractivity contribution in [3.63, 3.8) is 0 Å². The van der Waals surface area contributed by atoms with Crippen molar-refractivity contribution in [3.05, 3.63) is 102 Å². The predicted molar refractivity (Wildman–Crippen MR) is 119 cm³/mol. The molecule has 29 heavy (non-hydrogen) atoms. The molecule has 3 aromatic rings. The molecule has 1 fully saturated rings. The van der Waals surface area contributed by atoms with Crippen molar-refractivity contribution in [1.29, 1.82) is 0 Å². The van der Waals surface area contributed by atoms with Gasteiger partial charge in [0.2, 0.25) is 4.33 Å². The molecule has 4 rings (SSSR count). The van der Waals surface area contributed by atoms with Gasteiger partial charge in [0.15, 0.2) is 0 Å². The van der Waals surface area contributed by atoms with Gasteiger partial charge in [-0.1, -0.05) is 83.9 Å². The van der Waals surface area contributed by atoms with Crippen LogP contribution >= 0.6 is 23.2 Å². The second kappa shape index (κ2) is 7.94. The molecule has 0 aliphatic carbocycles. The van der Waals surface area contributed by atoms with E-state index in [-0.39, 0.29) is 5.91 Å². The lowest BCUT2D eigenvalue weighted by molar-refractivity contribution is -0.124. The molecule has 0 N–H and O–H groups in total. The Bertz CT molecular complexity index is 990. The molecule has 0 saturated carbocycles. The highest BCUT2D eigenvalue weighted by atomic mass is 35.5. The van der Waals surface area contributed by atoms with E-state index in [9.17, 15) is 4.79 Å². The normalized spacial score (nSPS) is 17.4. The number of hydrogen-bond donors (Lipinski definition) is 0. The average molecular weight is 424 g/mol. The highest BCUT2D eigenvalue weighted by Gasteiger charge is 2.58. The van der Waals surface area contributed by atoms with Crippen LogP contribution in [0.2, 0.25) is 0 Å². The van der Waals surface area contributed by atoms with Gasteiger partial charge in [0.05, 0.1) is 13.2 Å². The Kier molecular flexibility index (Phi) is 5.35. The fourth-order valence-electron chi connectivity index (χ4n) is 3.46. The Hall–Kier alpha value is -2.75. The van der Waals surface area contributed by atoms with Crippen molar-refractivity contribution >= 4 is 40.4 Å². The van der Waals surface area contributed by atoms with Gasteiger partial charge in [-0.15, -0.1) is 0 Å². The Morgan fingerprint density at radius 1 is 0.897 bits per heavy atom. The first-order valence-electron chi connectivity index (χ1n) is 9.20.